The van der Waals surface area contributed by atoms with Gasteiger partial charge in [0.15, 0.2) is 6.19 Å². The van der Waals surface area contributed by atoms with Gasteiger partial charge in [-0.05, 0) is 26.2 Å². The summed E-state index contributed by atoms with van der Waals surface area (Å²) in [6, 6.07) is 4.06. The number of rotatable bonds is 9. The molecule has 0 amide bonds. The summed E-state index contributed by atoms with van der Waals surface area (Å²) in [4.78, 5) is 6.39. The van der Waals surface area contributed by atoms with E-state index in [1.54, 1.807) is 11.8 Å². The molecule has 0 fully saturated rings. The maximum atomic E-state index is 8.61. The zero-order valence-electron chi connectivity index (χ0n) is 13.6. The second-order valence-electron chi connectivity index (χ2n) is 5.00. The second-order valence-corrected chi connectivity index (χ2v) is 6.10. The number of aliphatic imine (C=N–C) groups is 1. The van der Waals surface area contributed by atoms with E-state index in [0.29, 0.717) is 19.0 Å². The maximum Gasteiger partial charge on any atom is 0.205 e. The molecule has 1 aromatic rings. The van der Waals surface area contributed by atoms with Gasteiger partial charge in [0.2, 0.25) is 5.96 Å². The van der Waals surface area contributed by atoms with Gasteiger partial charge in [0, 0.05) is 18.7 Å². The van der Waals surface area contributed by atoms with E-state index in [4.69, 9.17) is 16.1 Å². The fraction of sp³-hybridized carbons (Fsp3) is 0.500. The summed E-state index contributed by atoms with van der Waals surface area (Å²) in [5.74, 6) is 6.50. The highest BCUT2D eigenvalue weighted by Crippen LogP contribution is 2.15. The van der Waals surface area contributed by atoms with Gasteiger partial charge in [0.05, 0.1) is 18.8 Å². The van der Waals surface area contributed by atoms with Crippen LogP contribution in [0.1, 0.15) is 11.5 Å². The summed E-state index contributed by atoms with van der Waals surface area (Å²) >= 11 is 1.74. The Balaban J connectivity index is 2.26. The average molecular weight is 333 g/mol. The fourth-order valence-electron chi connectivity index (χ4n) is 1.69. The molecule has 124 valence electrons. The minimum atomic E-state index is 0.336. The number of furan rings is 1. The Morgan fingerprint density at radius 3 is 2.91 bits per heavy atom. The van der Waals surface area contributed by atoms with Crippen LogP contribution in [0.3, 0.4) is 0 Å². The molecule has 1 rings (SSSR count). The van der Waals surface area contributed by atoms with Gasteiger partial charge in [0.1, 0.15) is 11.5 Å². The Kier molecular flexibility index (Phi) is 9.46. The van der Waals surface area contributed by atoms with E-state index >= 15 is 0 Å². The van der Waals surface area contributed by atoms with E-state index in [9.17, 15) is 0 Å². The molecule has 0 radical (unpaired) electrons. The summed E-state index contributed by atoms with van der Waals surface area (Å²) in [5, 5.41) is 13.9. The lowest BCUT2D eigenvalue weighted by molar-refractivity contribution is 0.385. The lowest BCUT2D eigenvalue weighted by Crippen LogP contribution is -2.34. The lowest BCUT2D eigenvalue weighted by atomic mass is 10.3. The molecule has 0 unspecified atom stereocenters. The molecule has 23 heavy (non-hydrogen) atoms. The van der Waals surface area contributed by atoms with E-state index in [1.807, 2.05) is 32.4 Å². The van der Waals surface area contributed by atoms with Crippen molar-refractivity contribution < 1.29 is 4.42 Å². The van der Waals surface area contributed by atoms with Gasteiger partial charge >= 0.3 is 0 Å². The molecular formula is C16H23N5OS. The van der Waals surface area contributed by atoms with Crippen molar-refractivity contribution in [2.75, 3.05) is 39.5 Å². The summed E-state index contributed by atoms with van der Waals surface area (Å²) in [5.41, 5.74) is 0. The Bertz CT molecular complexity index is 568. The normalized spacial score (nSPS) is 11.1. The molecule has 0 aliphatic rings. The van der Waals surface area contributed by atoms with Crippen LogP contribution in [0.2, 0.25) is 0 Å². The molecular weight excluding hydrogens is 310 g/mol. The molecule has 0 saturated carbocycles. The largest absolute Gasteiger partial charge is 0.465 e. The molecule has 0 aliphatic carbocycles. The van der Waals surface area contributed by atoms with E-state index in [0.717, 1.165) is 36.0 Å². The van der Waals surface area contributed by atoms with Gasteiger partial charge in [0.25, 0.3) is 0 Å². The average Bonchev–Trinajstić information content (AvgIpc) is 2.98. The van der Waals surface area contributed by atoms with Crippen LogP contribution in [0.15, 0.2) is 21.5 Å². The summed E-state index contributed by atoms with van der Waals surface area (Å²) in [6.07, 6.45) is 7.91. The summed E-state index contributed by atoms with van der Waals surface area (Å²) in [7, 11) is 4.10. The molecule has 6 nitrogen and oxygen atoms in total. The van der Waals surface area contributed by atoms with Gasteiger partial charge in [-0.1, -0.05) is 5.92 Å². The third-order valence-electron chi connectivity index (χ3n) is 2.80. The SMILES string of the molecule is C#CCNC(=NCCSCc1ccc(CCN(C)C)o1)NC#N. The smallest absolute Gasteiger partial charge is 0.205 e. The monoisotopic (exact) mass is 333 g/mol. The van der Waals surface area contributed by atoms with Gasteiger partial charge in [-0.15, -0.1) is 6.42 Å². The number of thioether (sulfide) groups is 1. The Labute approximate surface area is 142 Å². The number of likely N-dealkylation sites (N-methyl/N-ethyl adjacent to an activating group) is 1. The van der Waals surface area contributed by atoms with Crippen molar-refractivity contribution in [1.29, 1.82) is 5.26 Å². The van der Waals surface area contributed by atoms with Crippen LogP contribution in [0.4, 0.5) is 0 Å². The second kappa shape index (κ2) is 11.5. The predicted molar refractivity (Wildman–Crippen MR) is 95.0 cm³/mol. The molecule has 0 spiro atoms. The topological polar surface area (TPSA) is 76.6 Å². The quantitative estimate of drug-likeness (QED) is 0.177. The van der Waals surface area contributed by atoms with Crippen LogP contribution in [0.5, 0.6) is 0 Å². The number of nitrogens with one attached hydrogen (secondary N) is 2. The highest BCUT2D eigenvalue weighted by atomic mass is 32.2. The van der Waals surface area contributed by atoms with Crippen LogP contribution in [0, 0.1) is 23.8 Å². The minimum Gasteiger partial charge on any atom is -0.465 e. The zero-order chi connectivity index (χ0) is 16.9. The standard InChI is InChI=1S/C16H23N5OS/c1-4-8-18-16(20-13-17)19-9-11-23-12-15-6-5-14(22-15)7-10-21(2)3/h1,5-6H,7-12H2,2-3H3,(H2,18,19,20). The summed E-state index contributed by atoms with van der Waals surface area (Å²) < 4.78 is 5.78. The van der Waals surface area contributed by atoms with Crippen molar-refractivity contribution in [3.8, 4) is 18.5 Å². The van der Waals surface area contributed by atoms with Gasteiger partial charge in [-0.25, -0.2) is 0 Å². The molecule has 0 aliphatic heterocycles. The van der Waals surface area contributed by atoms with Crippen LogP contribution in [-0.4, -0.2) is 50.3 Å². The lowest BCUT2D eigenvalue weighted by Gasteiger charge is -2.06. The van der Waals surface area contributed by atoms with Crippen molar-refractivity contribution in [3.63, 3.8) is 0 Å². The number of hydrogen-bond donors (Lipinski definition) is 2. The molecule has 1 aromatic heterocycles. The Morgan fingerprint density at radius 1 is 1.43 bits per heavy atom. The molecule has 7 heteroatoms. The predicted octanol–water partition coefficient (Wildman–Crippen LogP) is 1.27. The molecule has 0 atom stereocenters. The number of nitrogens with zero attached hydrogens (tertiary/aromatic N) is 3. The van der Waals surface area contributed by atoms with E-state index in [1.165, 1.54) is 0 Å². The number of guanidine groups is 1. The van der Waals surface area contributed by atoms with Gasteiger partial charge in [-0.3, -0.25) is 10.3 Å². The van der Waals surface area contributed by atoms with Crippen molar-refractivity contribution in [2.45, 2.75) is 12.2 Å². The summed E-state index contributed by atoms with van der Waals surface area (Å²) in [6.45, 7) is 1.91. The highest BCUT2D eigenvalue weighted by molar-refractivity contribution is 7.98. The number of terminal acetylenes is 1. The van der Waals surface area contributed by atoms with Gasteiger partial charge in [-0.2, -0.15) is 17.0 Å². The number of nitriles is 1. The first kappa shape index (κ1) is 19.0. The third-order valence-corrected chi connectivity index (χ3v) is 3.76. The van der Waals surface area contributed by atoms with Crippen molar-refractivity contribution in [1.82, 2.24) is 15.5 Å². The molecule has 0 saturated heterocycles. The van der Waals surface area contributed by atoms with E-state index < -0.39 is 0 Å². The highest BCUT2D eigenvalue weighted by Gasteiger charge is 2.03. The molecule has 1 heterocycles. The first-order valence-corrected chi connectivity index (χ1v) is 8.48. The first-order valence-electron chi connectivity index (χ1n) is 7.32. The number of hydrogen-bond acceptors (Lipinski definition) is 5. The minimum absolute atomic E-state index is 0.336. The van der Waals surface area contributed by atoms with Crippen LogP contribution in [-0.2, 0) is 12.2 Å². The fourth-order valence-corrected chi connectivity index (χ4v) is 2.41. The van der Waals surface area contributed by atoms with Crippen LogP contribution in [0.25, 0.3) is 0 Å². The van der Waals surface area contributed by atoms with Crippen LogP contribution < -0.4 is 10.6 Å². The molecule has 2 N–H and O–H groups in total. The van der Waals surface area contributed by atoms with Crippen molar-refractivity contribution in [3.05, 3.63) is 23.7 Å². The van der Waals surface area contributed by atoms with Crippen molar-refractivity contribution >= 4 is 17.7 Å². The third kappa shape index (κ3) is 8.82. The molecule has 0 aromatic carbocycles. The van der Waals surface area contributed by atoms with Gasteiger partial charge < -0.3 is 14.6 Å². The molecule has 0 bridgehead atoms. The van der Waals surface area contributed by atoms with Crippen LogP contribution >= 0.6 is 11.8 Å². The van der Waals surface area contributed by atoms with E-state index in [2.05, 4.69) is 26.4 Å². The maximum absolute atomic E-state index is 8.61. The Hall–Kier alpha value is -2.09. The zero-order valence-corrected chi connectivity index (χ0v) is 14.4. The van der Waals surface area contributed by atoms with E-state index in [-0.39, 0.29) is 0 Å². The van der Waals surface area contributed by atoms with Crippen molar-refractivity contribution in [2.24, 2.45) is 4.99 Å². The first-order chi connectivity index (χ1) is 11.2. The Morgan fingerprint density at radius 2 is 2.22 bits per heavy atom.